The van der Waals surface area contributed by atoms with Crippen molar-refractivity contribution in [3.8, 4) is 0 Å². The second-order valence-corrected chi connectivity index (χ2v) is 10.4. The van der Waals surface area contributed by atoms with Gasteiger partial charge >= 0.3 is 0 Å². The summed E-state index contributed by atoms with van der Waals surface area (Å²) in [6.45, 7) is 2.46. The first-order valence-electron chi connectivity index (χ1n) is 11.3. The summed E-state index contributed by atoms with van der Waals surface area (Å²) in [5.74, 6) is -0.347. The van der Waals surface area contributed by atoms with Gasteiger partial charge in [-0.1, -0.05) is 43.3 Å². The molecule has 0 saturated heterocycles. The number of nitrogens with one attached hydrogen (secondary N) is 1. The molecule has 1 amide bonds. The smallest absolute Gasteiger partial charge is 0.275 e. The lowest BCUT2D eigenvalue weighted by molar-refractivity contribution is -0.110. The lowest BCUT2D eigenvalue weighted by Gasteiger charge is -2.34. The summed E-state index contributed by atoms with van der Waals surface area (Å²) in [7, 11) is -2.49. The first-order chi connectivity index (χ1) is 17.5. The molecule has 1 aliphatic heterocycles. The van der Waals surface area contributed by atoms with Crippen molar-refractivity contribution >= 4 is 46.1 Å². The number of carbonyl (C=O) groups is 2. The maximum absolute atomic E-state index is 12.3. The Morgan fingerprint density at radius 3 is 2.42 bits per heavy atom. The molecular weight excluding hydrogens is 498 g/mol. The lowest BCUT2D eigenvalue weighted by atomic mass is 10.0. The third-order valence-electron chi connectivity index (χ3n) is 5.54. The number of aromatic nitrogens is 2. The first kappa shape index (κ1) is 25.5. The number of thioether (sulfide) groups is 1. The van der Waals surface area contributed by atoms with Crippen LogP contribution in [-0.4, -0.2) is 51.9 Å². The molecule has 1 aromatic heterocycles. The van der Waals surface area contributed by atoms with Crippen molar-refractivity contribution in [3.63, 3.8) is 0 Å². The Balaban J connectivity index is 1.51. The Kier molecular flexibility index (Phi) is 8.44. The number of rotatable bonds is 9. The van der Waals surface area contributed by atoms with Gasteiger partial charge in [-0.15, -0.1) is 11.8 Å². The van der Waals surface area contributed by atoms with E-state index < -0.39 is 16.1 Å². The molecule has 0 saturated carbocycles. The number of hydrogen-bond donors (Lipinski definition) is 2. The number of thiol groups is 1. The van der Waals surface area contributed by atoms with Gasteiger partial charge in [0.2, 0.25) is 0 Å². The molecule has 1 N–H and O–H groups in total. The summed E-state index contributed by atoms with van der Waals surface area (Å²) in [6.07, 6.45) is 6.06. The van der Waals surface area contributed by atoms with Crippen LogP contribution in [0.15, 0.2) is 72.2 Å². The normalized spacial score (nSPS) is 17.5. The van der Waals surface area contributed by atoms with Crippen molar-refractivity contribution in [1.29, 1.82) is 0 Å². The number of hydrazone groups is 1. The average molecular weight is 524 g/mol. The number of anilines is 1. The minimum Gasteiger partial charge on any atom is -0.321 e. The molecule has 11 heteroatoms. The molecule has 36 heavy (non-hydrogen) atoms. The number of nitrogens with zero attached hydrogens (tertiary/aromatic N) is 4. The number of aldehydes is 1. The second-order valence-electron chi connectivity index (χ2n) is 8.07. The molecule has 0 radical (unpaired) electrons. The third-order valence-corrected chi connectivity index (χ3v) is 7.68. The maximum atomic E-state index is 12.3. The van der Waals surface area contributed by atoms with Crippen LogP contribution < -0.4 is 5.32 Å². The van der Waals surface area contributed by atoms with Gasteiger partial charge in [0, 0.05) is 18.1 Å². The van der Waals surface area contributed by atoms with E-state index in [1.807, 2.05) is 24.3 Å². The number of amides is 1. The van der Waals surface area contributed by atoms with E-state index in [0.717, 1.165) is 35.1 Å². The van der Waals surface area contributed by atoms with Gasteiger partial charge in [0.05, 0.1) is 29.5 Å². The summed E-state index contributed by atoms with van der Waals surface area (Å²) in [6, 6.07) is 14.7. The van der Waals surface area contributed by atoms with Crippen LogP contribution in [-0.2, 0) is 27.8 Å². The molecule has 2 aromatic carbocycles. The summed E-state index contributed by atoms with van der Waals surface area (Å²) >= 11 is 1.55. The zero-order chi connectivity index (χ0) is 25.5. The van der Waals surface area contributed by atoms with Crippen molar-refractivity contribution in [1.82, 2.24) is 15.0 Å². The van der Waals surface area contributed by atoms with E-state index in [2.05, 4.69) is 22.2 Å². The molecule has 186 valence electrons. The molecule has 2 unspecified atom stereocenters. The Morgan fingerprint density at radius 2 is 1.81 bits per heavy atom. The van der Waals surface area contributed by atoms with Crippen molar-refractivity contribution in [2.75, 3.05) is 5.32 Å². The summed E-state index contributed by atoms with van der Waals surface area (Å²) in [4.78, 5) is 32.1. The minimum atomic E-state index is -2.49. The van der Waals surface area contributed by atoms with E-state index >= 15 is 0 Å². The Labute approximate surface area is 215 Å². The van der Waals surface area contributed by atoms with Gasteiger partial charge in [-0.25, -0.2) is 13.4 Å². The van der Waals surface area contributed by atoms with Crippen molar-refractivity contribution < 1.29 is 18.0 Å². The maximum Gasteiger partial charge on any atom is 0.275 e. The Hall–Kier alpha value is -3.57. The van der Waals surface area contributed by atoms with E-state index in [1.54, 1.807) is 41.0 Å². The highest BCUT2D eigenvalue weighted by molar-refractivity contribution is 8.01. The van der Waals surface area contributed by atoms with Crippen LogP contribution in [0.25, 0.3) is 0 Å². The van der Waals surface area contributed by atoms with E-state index in [0.29, 0.717) is 12.2 Å². The van der Waals surface area contributed by atoms with E-state index in [-0.39, 0.29) is 22.6 Å². The highest BCUT2D eigenvalue weighted by Crippen LogP contribution is 2.32. The van der Waals surface area contributed by atoms with E-state index in [4.69, 9.17) is 5.10 Å². The molecule has 2 atom stereocenters. The van der Waals surface area contributed by atoms with Crippen LogP contribution in [0.5, 0.6) is 0 Å². The van der Waals surface area contributed by atoms with Crippen LogP contribution in [0.1, 0.15) is 40.5 Å². The van der Waals surface area contributed by atoms with Crippen LogP contribution in [0.2, 0.25) is 0 Å². The zero-order valence-electron chi connectivity index (χ0n) is 19.5. The molecule has 4 rings (SSSR count). The predicted molar refractivity (Wildman–Crippen MR) is 140 cm³/mol. The molecule has 0 aliphatic carbocycles. The van der Waals surface area contributed by atoms with Gasteiger partial charge < -0.3 is 10.1 Å². The fourth-order valence-corrected chi connectivity index (χ4v) is 5.42. The van der Waals surface area contributed by atoms with Gasteiger partial charge in [0.25, 0.3) is 5.91 Å². The first-order valence-corrected chi connectivity index (χ1v) is 13.6. The number of carbonyl (C=O) groups excluding carboxylic acids is 2. The monoisotopic (exact) mass is 523 g/mol. The highest BCUT2D eigenvalue weighted by Gasteiger charge is 2.31. The third kappa shape index (κ3) is 6.35. The minimum absolute atomic E-state index is 0.00257. The molecule has 2 heterocycles. The lowest BCUT2D eigenvalue weighted by Crippen LogP contribution is -2.39. The Bertz CT molecular complexity index is 1300. The summed E-state index contributed by atoms with van der Waals surface area (Å²) in [5, 5.41) is 9.00. The largest absolute Gasteiger partial charge is 0.321 e. The topological polar surface area (TPSA) is 122 Å². The van der Waals surface area contributed by atoms with E-state index in [1.165, 1.54) is 18.6 Å². The molecule has 0 bridgehead atoms. The van der Waals surface area contributed by atoms with Crippen LogP contribution in [0.3, 0.4) is 0 Å². The van der Waals surface area contributed by atoms with E-state index in [9.17, 15) is 18.0 Å². The van der Waals surface area contributed by atoms with Gasteiger partial charge in [-0.3, -0.25) is 14.8 Å². The van der Waals surface area contributed by atoms with Crippen molar-refractivity contribution in [3.05, 3.63) is 89.5 Å². The fourth-order valence-electron chi connectivity index (χ4n) is 3.75. The molecular formula is C25H25N5O4S2. The van der Waals surface area contributed by atoms with Gasteiger partial charge in [0.15, 0.2) is 6.29 Å². The van der Waals surface area contributed by atoms with Crippen LogP contribution in [0.4, 0.5) is 5.69 Å². The highest BCUT2D eigenvalue weighted by atomic mass is 32.2. The molecule has 0 fully saturated rings. The van der Waals surface area contributed by atoms with Crippen LogP contribution >= 0.6 is 11.8 Å². The van der Waals surface area contributed by atoms with Crippen LogP contribution in [0, 0.1) is 0 Å². The zero-order valence-corrected chi connectivity index (χ0v) is 21.2. The summed E-state index contributed by atoms with van der Waals surface area (Å²) < 4.78 is 22.0. The average Bonchev–Trinajstić information content (AvgIpc) is 2.90. The standard InChI is InChI=1S/C25H25N5O4S2/c1-2-22-24(19-7-3-18(4-8-19)16-36(33)34)29-30(23(15-31)35-22)14-17-5-9-20(10-6-17)28-25(32)21-13-26-11-12-27-21/h3-13,15,22-23,36H,2,14,16H2,1H3,(H,28,32). The second kappa shape index (κ2) is 11.9. The summed E-state index contributed by atoms with van der Waals surface area (Å²) in [5.41, 5.74) is 4.24. The molecule has 3 aromatic rings. The quantitative estimate of drug-likeness (QED) is 0.324. The molecule has 0 spiro atoms. The van der Waals surface area contributed by atoms with Crippen molar-refractivity contribution in [2.45, 2.75) is 36.3 Å². The number of hydrogen-bond acceptors (Lipinski definition) is 9. The van der Waals surface area contributed by atoms with Gasteiger partial charge in [-0.2, -0.15) is 5.10 Å². The molecule has 9 nitrogen and oxygen atoms in total. The predicted octanol–water partition coefficient (Wildman–Crippen LogP) is 3.10. The Morgan fingerprint density at radius 1 is 1.08 bits per heavy atom. The fraction of sp³-hybridized carbons (Fsp3) is 0.240. The SMILES string of the molecule is CCC1SC(C=O)N(Cc2ccc(NC(=O)c3cnccn3)cc2)N=C1c1ccc(C[SH](=O)=O)cc1. The van der Waals surface area contributed by atoms with Gasteiger partial charge in [-0.05, 0) is 35.2 Å². The van der Waals surface area contributed by atoms with Gasteiger partial charge in [0.1, 0.15) is 21.8 Å². The number of benzene rings is 2. The van der Waals surface area contributed by atoms with Crippen molar-refractivity contribution in [2.24, 2.45) is 5.10 Å². The molecule has 1 aliphatic rings.